The Kier molecular flexibility index (Phi) is 29.8. The Morgan fingerprint density at radius 2 is 1.20 bits per heavy atom. The van der Waals surface area contributed by atoms with Gasteiger partial charge in [0.2, 0.25) is 5.91 Å². The fourth-order valence-electron chi connectivity index (χ4n) is 4.12. The molecule has 0 aromatic rings. The molecule has 0 heterocycles. The van der Waals surface area contributed by atoms with Crippen molar-refractivity contribution in [1.82, 2.24) is 5.32 Å². The molecule has 9 heteroatoms. The molecule has 49 heavy (non-hydrogen) atoms. The maximum atomic E-state index is 12.7. The first kappa shape index (κ1) is 46.4. The maximum Gasteiger partial charge on any atom is 0.472 e. The summed E-state index contributed by atoms with van der Waals surface area (Å²) in [4.78, 5) is 22.9. The van der Waals surface area contributed by atoms with Crippen molar-refractivity contribution in [2.75, 3.05) is 40.9 Å². The standard InChI is InChI=1S/C40H67N2O6P/c1-6-8-10-12-14-16-18-20-21-22-24-26-28-30-32-34-40(44)41-38(37-48-49(45,46)47-36-35-42(3,4)5)39(43)33-31-29-27-25-23-19-17-15-13-11-9-7-2/h8,10,13-16,20-21,23-26,30-33,38-39,43H,6-7,9,11-12,17-19,22,27-29,34-37H2,1-5H3,(H-,41,44,45,46)/p+1/b10-8-,15-13+,16-14-,21-20-,25-23+,26-24-,32-30-,33-31+. The first-order valence-corrected chi connectivity index (χ1v) is 19.6. The summed E-state index contributed by atoms with van der Waals surface area (Å²) < 4.78 is 23.3. The zero-order valence-corrected chi connectivity index (χ0v) is 32.0. The Morgan fingerprint density at radius 3 is 1.71 bits per heavy atom. The number of carbonyl (C=O) groups excluding carboxylic acids is 1. The lowest BCUT2D eigenvalue weighted by atomic mass is 10.1. The Labute approximate surface area is 299 Å². The summed E-state index contributed by atoms with van der Waals surface area (Å²) in [5, 5.41) is 13.6. The van der Waals surface area contributed by atoms with Crippen molar-refractivity contribution in [3.63, 3.8) is 0 Å². The molecule has 3 N–H and O–H groups in total. The molecule has 0 fully saturated rings. The monoisotopic (exact) mass is 703 g/mol. The molecule has 0 aromatic carbocycles. The first-order valence-electron chi connectivity index (χ1n) is 18.1. The Balaban J connectivity index is 4.83. The molecule has 0 rings (SSSR count). The molecule has 1 amide bonds. The summed E-state index contributed by atoms with van der Waals surface area (Å²) in [6, 6.07) is -0.927. The lowest BCUT2D eigenvalue weighted by Gasteiger charge is -2.25. The minimum atomic E-state index is -4.37. The van der Waals surface area contributed by atoms with Crippen molar-refractivity contribution in [2.45, 2.75) is 109 Å². The number of unbranched alkanes of at least 4 members (excludes halogenated alkanes) is 4. The number of quaternary nitrogens is 1. The van der Waals surface area contributed by atoms with Crippen LogP contribution in [0, 0.1) is 0 Å². The molecule has 8 nitrogen and oxygen atoms in total. The van der Waals surface area contributed by atoms with Crippen LogP contribution in [0.4, 0.5) is 0 Å². The predicted octanol–water partition coefficient (Wildman–Crippen LogP) is 9.23. The number of likely N-dealkylation sites (N-methyl/N-ethyl adjacent to an activating group) is 1. The molecule has 0 radical (unpaired) electrons. The van der Waals surface area contributed by atoms with Gasteiger partial charge in [-0.3, -0.25) is 13.8 Å². The van der Waals surface area contributed by atoms with E-state index in [0.717, 1.165) is 51.4 Å². The summed E-state index contributed by atoms with van der Waals surface area (Å²) in [5.41, 5.74) is 0. The molecule has 0 aliphatic rings. The summed E-state index contributed by atoms with van der Waals surface area (Å²) in [5.74, 6) is -0.326. The van der Waals surface area contributed by atoms with Crippen molar-refractivity contribution < 1.29 is 32.9 Å². The first-order chi connectivity index (χ1) is 23.5. The van der Waals surface area contributed by atoms with Crippen LogP contribution in [0.15, 0.2) is 97.2 Å². The van der Waals surface area contributed by atoms with Crippen LogP contribution in [0.5, 0.6) is 0 Å². The molecule has 0 saturated heterocycles. The number of hydrogen-bond donors (Lipinski definition) is 3. The number of rotatable bonds is 30. The molecular weight excluding hydrogens is 635 g/mol. The van der Waals surface area contributed by atoms with Gasteiger partial charge in [0.1, 0.15) is 13.2 Å². The van der Waals surface area contributed by atoms with Gasteiger partial charge in [0.15, 0.2) is 0 Å². The number of phosphoric acid groups is 1. The van der Waals surface area contributed by atoms with Crippen LogP contribution in [0.3, 0.4) is 0 Å². The van der Waals surface area contributed by atoms with Crippen LogP contribution in [0.1, 0.15) is 97.3 Å². The van der Waals surface area contributed by atoms with Crippen molar-refractivity contribution >= 4 is 13.7 Å². The number of aliphatic hydroxyl groups excluding tert-OH is 1. The van der Waals surface area contributed by atoms with Crippen molar-refractivity contribution in [3.05, 3.63) is 97.2 Å². The van der Waals surface area contributed by atoms with E-state index in [1.165, 1.54) is 12.8 Å². The Bertz CT molecular complexity index is 1110. The van der Waals surface area contributed by atoms with Crippen LogP contribution >= 0.6 is 7.82 Å². The second kappa shape index (κ2) is 31.4. The molecule has 278 valence electrons. The molecule has 0 aliphatic heterocycles. The number of hydrogen-bond acceptors (Lipinski definition) is 5. The van der Waals surface area contributed by atoms with Gasteiger partial charge >= 0.3 is 7.82 Å². The van der Waals surface area contributed by atoms with Gasteiger partial charge in [-0.2, -0.15) is 0 Å². The fourth-order valence-corrected chi connectivity index (χ4v) is 4.86. The smallest absolute Gasteiger partial charge is 0.387 e. The lowest BCUT2D eigenvalue weighted by Crippen LogP contribution is -2.45. The van der Waals surface area contributed by atoms with Gasteiger partial charge in [-0.15, -0.1) is 0 Å². The molecule has 0 spiro atoms. The highest BCUT2D eigenvalue weighted by Crippen LogP contribution is 2.43. The highest BCUT2D eigenvalue weighted by molar-refractivity contribution is 7.47. The molecule has 0 saturated carbocycles. The summed E-state index contributed by atoms with van der Waals surface area (Å²) in [6.07, 6.45) is 43.7. The lowest BCUT2D eigenvalue weighted by molar-refractivity contribution is -0.870. The van der Waals surface area contributed by atoms with Gasteiger partial charge in [0.05, 0.1) is 39.9 Å². The van der Waals surface area contributed by atoms with E-state index < -0.39 is 20.0 Å². The molecule has 3 unspecified atom stereocenters. The zero-order valence-electron chi connectivity index (χ0n) is 31.1. The zero-order chi connectivity index (χ0) is 36.5. The van der Waals surface area contributed by atoms with Gasteiger partial charge in [-0.05, 0) is 64.2 Å². The topological polar surface area (TPSA) is 105 Å². The Hall–Kier alpha value is -2.58. The van der Waals surface area contributed by atoms with Crippen molar-refractivity contribution in [2.24, 2.45) is 0 Å². The van der Waals surface area contributed by atoms with Gasteiger partial charge in [0.25, 0.3) is 0 Å². The van der Waals surface area contributed by atoms with E-state index in [4.69, 9.17) is 9.05 Å². The number of allylic oxidation sites excluding steroid dienone is 14. The summed E-state index contributed by atoms with van der Waals surface area (Å²) in [6.45, 7) is 4.49. The van der Waals surface area contributed by atoms with Gasteiger partial charge in [0, 0.05) is 6.42 Å². The number of aliphatic hydroxyl groups is 1. The number of phosphoric ester groups is 1. The second-order valence-corrected chi connectivity index (χ2v) is 14.3. The molecule has 0 bridgehead atoms. The number of nitrogens with zero attached hydrogens (tertiary/aromatic N) is 1. The van der Waals surface area contributed by atoms with Gasteiger partial charge in [-0.25, -0.2) is 4.57 Å². The van der Waals surface area contributed by atoms with E-state index in [0.29, 0.717) is 23.9 Å². The predicted molar refractivity (Wildman–Crippen MR) is 207 cm³/mol. The number of nitrogens with one attached hydrogen (secondary N) is 1. The average molecular weight is 704 g/mol. The van der Waals surface area contributed by atoms with Crippen molar-refractivity contribution in [1.29, 1.82) is 0 Å². The quantitative estimate of drug-likeness (QED) is 0.0298. The highest BCUT2D eigenvalue weighted by atomic mass is 31.2. The SMILES string of the molecule is CC/C=C\C/C=C\C/C=C\C/C=C\C/C=C\CC(=O)NC(COP(=O)(O)OCC[N+](C)(C)C)C(O)/C=C/CC/C=C/CC/C=C/CCCC. The van der Waals surface area contributed by atoms with Crippen LogP contribution in [-0.2, 0) is 18.4 Å². The minimum Gasteiger partial charge on any atom is -0.387 e. The van der Waals surface area contributed by atoms with Crippen LogP contribution in [-0.4, -0.2) is 73.4 Å². The Morgan fingerprint density at radius 1 is 0.714 bits per heavy atom. The normalized spacial score (nSPS) is 15.8. The molecule has 3 atom stereocenters. The third-order valence-electron chi connectivity index (χ3n) is 7.04. The summed E-state index contributed by atoms with van der Waals surface area (Å²) in [7, 11) is 1.47. The number of carbonyl (C=O) groups is 1. The maximum absolute atomic E-state index is 12.7. The van der Waals surface area contributed by atoms with E-state index in [2.05, 4.69) is 86.0 Å². The largest absolute Gasteiger partial charge is 0.472 e. The highest BCUT2D eigenvalue weighted by Gasteiger charge is 2.27. The van der Waals surface area contributed by atoms with Gasteiger partial charge < -0.3 is 19.8 Å². The van der Waals surface area contributed by atoms with E-state index in [1.807, 2.05) is 39.4 Å². The third kappa shape index (κ3) is 33.7. The molecular formula is C40H68N2O6P+. The minimum absolute atomic E-state index is 0.0312. The summed E-state index contributed by atoms with van der Waals surface area (Å²) >= 11 is 0. The molecule has 0 aromatic heterocycles. The van der Waals surface area contributed by atoms with Crippen LogP contribution in [0.2, 0.25) is 0 Å². The van der Waals surface area contributed by atoms with E-state index >= 15 is 0 Å². The number of amides is 1. The average Bonchev–Trinajstić information content (AvgIpc) is 3.04. The van der Waals surface area contributed by atoms with Gasteiger partial charge in [-0.1, -0.05) is 124 Å². The second-order valence-electron chi connectivity index (χ2n) is 12.9. The van der Waals surface area contributed by atoms with Crippen LogP contribution < -0.4 is 5.32 Å². The van der Waals surface area contributed by atoms with Crippen LogP contribution in [0.25, 0.3) is 0 Å². The van der Waals surface area contributed by atoms with E-state index in [-0.39, 0.29) is 25.5 Å². The van der Waals surface area contributed by atoms with E-state index in [9.17, 15) is 19.4 Å². The third-order valence-corrected chi connectivity index (χ3v) is 8.03. The fraction of sp³-hybridized carbons (Fsp3) is 0.575. The van der Waals surface area contributed by atoms with Crippen molar-refractivity contribution in [3.8, 4) is 0 Å². The van der Waals surface area contributed by atoms with E-state index in [1.54, 1.807) is 12.2 Å². The molecule has 0 aliphatic carbocycles.